The molecule has 0 unspecified atom stereocenters. The number of methoxy groups -OCH3 is 1. The highest BCUT2D eigenvalue weighted by Crippen LogP contribution is 2.37. The second-order valence-corrected chi connectivity index (χ2v) is 10.8. The summed E-state index contributed by atoms with van der Waals surface area (Å²) in [7, 11) is 3.11. The number of ether oxygens (including phenoxy) is 1. The van der Waals surface area contributed by atoms with E-state index < -0.39 is 19.0 Å². The summed E-state index contributed by atoms with van der Waals surface area (Å²) in [5.41, 5.74) is 10.6. The Morgan fingerprint density at radius 1 is 1.25 bits per heavy atom. The average Bonchev–Trinajstić information content (AvgIpc) is 3.32. The molecular formula is C31H45F2N5O2. The molecule has 0 aliphatic carbocycles. The van der Waals surface area contributed by atoms with Crippen LogP contribution in [0.4, 0.5) is 8.78 Å². The van der Waals surface area contributed by atoms with E-state index in [1.54, 1.807) is 7.11 Å². The Balaban J connectivity index is 0.00000216. The summed E-state index contributed by atoms with van der Waals surface area (Å²) in [6.07, 6.45) is 6.47. The first-order valence-electron chi connectivity index (χ1n) is 14.2. The van der Waals surface area contributed by atoms with Crippen LogP contribution in [0.3, 0.4) is 0 Å². The van der Waals surface area contributed by atoms with Crippen LogP contribution in [-0.2, 0) is 9.53 Å². The molecule has 40 heavy (non-hydrogen) atoms. The second-order valence-electron chi connectivity index (χ2n) is 10.8. The van der Waals surface area contributed by atoms with E-state index in [9.17, 15) is 13.6 Å². The van der Waals surface area contributed by atoms with E-state index in [0.29, 0.717) is 23.8 Å². The van der Waals surface area contributed by atoms with E-state index in [1.165, 1.54) is 28.5 Å². The Bertz CT molecular complexity index is 1250. The number of likely N-dealkylation sites (tertiary alicyclic amines) is 2. The van der Waals surface area contributed by atoms with Gasteiger partial charge in [0.2, 0.25) is 5.91 Å². The number of carbonyl (C=O) groups excluding carboxylic acids is 1. The molecule has 2 aromatic rings. The molecule has 2 saturated heterocycles. The van der Waals surface area contributed by atoms with Crippen molar-refractivity contribution in [3.8, 4) is 0 Å². The molecule has 220 valence electrons. The number of allylic oxidation sites excluding steroid dienone is 4. The summed E-state index contributed by atoms with van der Waals surface area (Å²) < 4.78 is 31.7. The van der Waals surface area contributed by atoms with Crippen molar-refractivity contribution in [2.75, 3.05) is 46.9 Å². The molecule has 4 N–H and O–H groups in total. The van der Waals surface area contributed by atoms with E-state index in [0.717, 1.165) is 42.7 Å². The van der Waals surface area contributed by atoms with Crippen LogP contribution >= 0.6 is 0 Å². The Kier molecular flexibility index (Phi) is 10.7. The molecule has 0 spiro atoms. The van der Waals surface area contributed by atoms with Gasteiger partial charge < -0.3 is 25.8 Å². The van der Waals surface area contributed by atoms with Gasteiger partial charge in [0.25, 0.3) is 5.92 Å². The van der Waals surface area contributed by atoms with Gasteiger partial charge >= 0.3 is 0 Å². The van der Waals surface area contributed by atoms with Gasteiger partial charge in [0, 0.05) is 16.6 Å². The summed E-state index contributed by atoms with van der Waals surface area (Å²) in [5, 5.41) is 9.44. The zero-order chi connectivity index (χ0) is 29.6. The lowest BCUT2D eigenvalue weighted by Crippen LogP contribution is -2.60. The molecule has 9 heteroatoms. The Morgan fingerprint density at radius 2 is 1.90 bits per heavy atom. The Hall–Kier alpha value is -3.04. The van der Waals surface area contributed by atoms with Gasteiger partial charge in [-0.15, -0.1) is 0 Å². The van der Waals surface area contributed by atoms with Crippen molar-refractivity contribution in [2.45, 2.75) is 64.7 Å². The number of aromatic nitrogens is 1. The van der Waals surface area contributed by atoms with Crippen LogP contribution in [0.25, 0.3) is 16.5 Å². The van der Waals surface area contributed by atoms with Crippen LogP contribution < -0.4 is 5.73 Å². The normalized spacial score (nSPS) is 18.4. The number of carbonyl (C=O) groups is 1. The number of H-pyrrole nitrogens is 1. The third-order valence-electron chi connectivity index (χ3n) is 7.81. The van der Waals surface area contributed by atoms with Gasteiger partial charge in [-0.3, -0.25) is 9.69 Å². The lowest BCUT2D eigenvalue weighted by Gasteiger charge is -2.40. The maximum absolute atomic E-state index is 13.1. The first-order valence-corrected chi connectivity index (χ1v) is 14.2. The SMILES string of the molecule is C/C=C(\C=C(\OC)C(=N)CC)c1[nH]c2ccc(C3CCN(CC(=O)N4CC(F)(F)C4)CC3)cc2c1C(C)C.CN. The topological polar surface area (TPSA) is 98.4 Å². The number of amides is 1. The van der Waals surface area contributed by atoms with Crippen LogP contribution in [0.2, 0.25) is 0 Å². The number of piperidine rings is 1. The van der Waals surface area contributed by atoms with Crippen molar-refractivity contribution in [1.82, 2.24) is 14.8 Å². The highest BCUT2D eigenvalue weighted by atomic mass is 19.3. The number of fused-ring (bicyclic) bond motifs is 1. The molecule has 2 fully saturated rings. The van der Waals surface area contributed by atoms with Crippen molar-refractivity contribution in [3.63, 3.8) is 0 Å². The minimum Gasteiger partial charge on any atom is -0.495 e. The van der Waals surface area contributed by atoms with Gasteiger partial charge in [-0.1, -0.05) is 32.9 Å². The van der Waals surface area contributed by atoms with E-state index in [1.807, 2.05) is 19.9 Å². The number of rotatable bonds is 9. The van der Waals surface area contributed by atoms with Gasteiger partial charge in [0.1, 0.15) is 5.76 Å². The number of hydrogen-bond donors (Lipinski definition) is 3. The summed E-state index contributed by atoms with van der Waals surface area (Å²) in [5.74, 6) is -1.66. The third-order valence-corrected chi connectivity index (χ3v) is 7.81. The highest BCUT2D eigenvalue weighted by Gasteiger charge is 2.46. The number of benzene rings is 1. The summed E-state index contributed by atoms with van der Waals surface area (Å²) in [6, 6.07) is 6.65. The fraction of sp³-hybridized carbons (Fsp3) is 0.548. The lowest BCUT2D eigenvalue weighted by molar-refractivity contribution is -0.166. The lowest BCUT2D eigenvalue weighted by atomic mass is 9.87. The van der Waals surface area contributed by atoms with Gasteiger partial charge in [0.15, 0.2) is 0 Å². The quantitative estimate of drug-likeness (QED) is 0.204. The van der Waals surface area contributed by atoms with Crippen LogP contribution in [0, 0.1) is 5.41 Å². The van der Waals surface area contributed by atoms with Crippen LogP contribution in [0.15, 0.2) is 36.1 Å². The van der Waals surface area contributed by atoms with Crippen LogP contribution in [0.1, 0.15) is 75.6 Å². The van der Waals surface area contributed by atoms with E-state index >= 15 is 0 Å². The van der Waals surface area contributed by atoms with Crippen molar-refractivity contribution in [2.24, 2.45) is 5.73 Å². The number of aromatic amines is 1. The number of hydrogen-bond acceptors (Lipinski definition) is 5. The van der Waals surface area contributed by atoms with E-state index in [-0.39, 0.29) is 18.4 Å². The Labute approximate surface area is 236 Å². The molecule has 2 aliphatic heterocycles. The minimum absolute atomic E-state index is 0.197. The zero-order valence-electron chi connectivity index (χ0n) is 24.7. The first-order chi connectivity index (χ1) is 19.1. The van der Waals surface area contributed by atoms with Crippen LogP contribution in [0.5, 0.6) is 0 Å². The van der Waals surface area contributed by atoms with E-state index in [2.05, 4.69) is 53.7 Å². The summed E-state index contributed by atoms with van der Waals surface area (Å²) >= 11 is 0. The molecular weight excluding hydrogens is 512 g/mol. The van der Waals surface area contributed by atoms with Gasteiger partial charge in [-0.05, 0) is 93.1 Å². The zero-order valence-corrected chi connectivity index (χ0v) is 24.7. The van der Waals surface area contributed by atoms with Crippen molar-refractivity contribution in [1.29, 1.82) is 5.41 Å². The number of nitrogens with two attached hydrogens (primary N) is 1. The molecule has 2 aliphatic rings. The molecule has 3 heterocycles. The molecule has 0 bridgehead atoms. The van der Waals surface area contributed by atoms with Gasteiger partial charge in [-0.25, -0.2) is 8.78 Å². The fourth-order valence-corrected chi connectivity index (χ4v) is 5.60. The van der Waals surface area contributed by atoms with Crippen molar-refractivity contribution in [3.05, 3.63) is 52.9 Å². The first kappa shape index (κ1) is 31.5. The number of nitrogens with one attached hydrogen (secondary N) is 2. The number of halogens is 2. The predicted octanol–water partition coefficient (Wildman–Crippen LogP) is 5.89. The van der Waals surface area contributed by atoms with E-state index in [4.69, 9.17) is 10.1 Å². The minimum atomic E-state index is -2.72. The molecule has 1 aromatic carbocycles. The number of nitrogens with zero attached hydrogens (tertiary/aromatic N) is 2. The summed E-state index contributed by atoms with van der Waals surface area (Å²) in [4.78, 5) is 19.3. The Morgan fingerprint density at radius 3 is 2.42 bits per heavy atom. The monoisotopic (exact) mass is 557 g/mol. The maximum atomic E-state index is 13.1. The van der Waals surface area contributed by atoms with Crippen molar-refractivity contribution < 1.29 is 18.3 Å². The fourth-order valence-electron chi connectivity index (χ4n) is 5.60. The summed E-state index contributed by atoms with van der Waals surface area (Å²) in [6.45, 7) is 9.24. The van der Waals surface area contributed by atoms with Crippen molar-refractivity contribution >= 4 is 28.1 Å². The molecule has 1 aromatic heterocycles. The molecule has 4 rings (SSSR count). The molecule has 0 radical (unpaired) electrons. The standard InChI is InChI=1S/C30H40F2N4O2.CH5N/c1-6-20(15-26(38-5)24(33)7-2)29-28(19(3)4)23-14-22(8-9-25(23)34-29)21-10-12-35(13-11-21)16-27(37)36-17-30(31,32)18-36;1-2/h6,8-9,14-15,19,21,33-34H,7,10-13,16-18H2,1-5H3;2H2,1H3/b20-6+,26-15+,33-24?;. The molecule has 1 amide bonds. The largest absolute Gasteiger partial charge is 0.495 e. The molecule has 7 nitrogen and oxygen atoms in total. The van der Waals surface area contributed by atoms with Crippen LogP contribution in [-0.4, -0.2) is 79.2 Å². The highest BCUT2D eigenvalue weighted by molar-refractivity contribution is 5.99. The second kappa shape index (κ2) is 13.5. The third kappa shape index (κ3) is 6.99. The number of alkyl halides is 2. The average molecular weight is 558 g/mol. The smallest absolute Gasteiger partial charge is 0.282 e. The maximum Gasteiger partial charge on any atom is 0.282 e. The molecule has 0 atom stereocenters. The predicted molar refractivity (Wildman–Crippen MR) is 159 cm³/mol. The van der Waals surface area contributed by atoms with Gasteiger partial charge in [0.05, 0.1) is 32.5 Å². The van der Waals surface area contributed by atoms with Gasteiger partial charge in [-0.2, -0.15) is 0 Å². The molecule has 0 saturated carbocycles.